The maximum Gasteiger partial charge on any atom is 0.416 e. The molecule has 7 heteroatoms. The summed E-state index contributed by atoms with van der Waals surface area (Å²) in [7, 11) is 1.52. The number of hydrogen-bond acceptors (Lipinski definition) is 2. The second kappa shape index (κ2) is 5.31. The van der Waals surface area contributed by atoms with Crippen LogP contribution in [0.25, 0.3) is 11.1 Å². The van der Waals surface area contributed by atoms with E-state index in [0.717, 1.165) is 12.1 Å². The van der Waals surface area contributed by atoms with Crippen molar-refractivity contribution in [1.82, 2.24) is 4.57 Å². The van der Waals surface area contributed by atoms with Crippen LogP contribution in [-0.4, -0.2) is 16.3 Å². The maximum atomic E-state index is 12.7. The lowest BCUT2D eigenvalue weighted by Gasteiger charge is -2.09. The molecular weight excluding hydrogens is 288 g/mol. The minimum Gasteiger partial charge on any atom is -0.505 e. The number of hydrogen-bond donors (Lipinski definition) is 2. The molecule has 2 aromatic rings. The molecule has 0 spiro atoms. The van der Waals surface area contributed by atoms with Gasteiger partial charge in [0.25, 0.3) is 0 Å². The molecule has 2 rings (SSSR count). The van der Waals surface area contributed by atoms with Crippen LogP contribution in [0.4, 0.5) is 23.4 Å². The summed E-state index contributed by atoms with van der Waals surface area (Å²) in [6.45, 7) is -0.702. The number of anilines is 1. The number of nitrogens with zero attached hydrogens (tertiary/aromatic N) is 1. The smallest absolute Gasteiger partial charge is 0.416 e. The van der Waals surface area contributed by atoms with Crippen molar-refractivity contribution in [3.63, 3.8) is 0 Å². The van der Waals surface area contributed by atoms with Gasteiger partial charge in [0.15, 0.2) is 0 Å². The molecule has 0 aliphatic carbocycles. The van der Waals surface area contributed by atoms with Gasteiger partial charge in [0.1, 0.15) is 11.6 Å². The van der Waals surface area contributed by atoms with Gasteiger partial charge in [0.05, 0.1) is 23.5 Å². The number of benzene rings is 1. The van der Waals surface area contributed by atoms with Crippen molar-refractivity contribution in [2.45, 2.75) is 12.6 Å². The molecule has 1 aromatic carbocycles. The molecule has 3 nitrogen and oxygen atoms in total. The van der Waals surface area contributed by atoms with E-state index >= 15 is 0 Å². The molecule has 0 aliphatic heterocycles. The quantitative estimate of drug-likeness (QED) is 0.852. The van der Waals surface area contributed by atoms with E-state index in [2.05, 4.69) is 0 Å². The predicted molar refractivity (Wildman–Crippen MR) is 71.6 cm³/mol. The van der Waals surface area contributed by atoms with Gasteiger partial charge in [-0.2, -0.15) is 13.2 Å². The maximum absolute atomic E-state index is 12.7. The van der Waals surface area contributed by atoms with E-state index in [1.807, 2.05) is 0 Å². The number of nitrogens with two attached hydrogens (primary N) is 1. The van der Waals surface area contributed by atoms with Crippen LogP contribution in [-0.2, 0) is 19.6 Å². The third-order valence-electron chi connectivity index (χ3n) is 3.34. The molecule has 0 saturated carbocycles. The molecule has 1 aromatic heterocycles. The zero-order valence-corrected chi connectivity index (χ0v) is 11.2. The molecule has 3 N–H and O–H groups in total. The molecule has 0 radical (unpaired) electrons. The number of aromatic nitrogens is 1. The summed E-state index contributed by atoms with van der Waals surface area (Å²) < 4.78 is 52.1. The Morgan fingerprint density at radius 3 is 2.52 bits per heavy atom. The Balaban J connectivity index is 2.60. The number of aromatic hydroxyl groups is 1. The van der Waals surface area contributed by atoms with Crippen molar-refractivity contribution in [3.05, 3.63) is 35.5 Å². The van der Waals surface area contributed by atoms with Crippen LogP contribution >= 0.6 is 0 Å². The topological polar surface area (TPSA) is 51.2 Å². The van der Waals surface area contributed by atoms with Gasteiger partial charge in [-0.1, -0.05) is 12.1 Å². The van der Waals surface area contributed by atoms with E-state index in [1.165, 1.54) is 23.7 Å². The van der Waals surface area contributed by atoms with Crippen LogP contribution < -0.4 is 5.73 Å². The Bertz CT molecular complexity index is 662. The molecule has 0 aliphatic rings. The average molecular weight is 302 g/mol. The largest absolute Gasteiger partial charge is 0.505 e. The molecule has 1 heterocycles. The third kappa shape index (κ3) is 2.68. The van der Waals surface area contributed by atoms with Crippen LogP contribution in [0, 0.1) is 0 Å². The Labute approximate surface area is 118 Å². The van der Waals surface area contributed by atoms with Crippen molar-refractivity contribution in [1.29, 1.82) is 0 Å². The first kappa shape index (κ1) is 15.2. The SMILES string of the molecule is Cn1c(N)c(-c2cccc(C(F)(F)F)c2)c(O)c1CCF. The molecule has 0 atom stereocenters. The first-order valence-electron chi connectivity index (χ1n) is 6.17. The first-order valence-corrected chi connectivity index (χ1v) is 6.17. The van der Waals surface area contributed by atoms with Crippen LogP contribution in [0.5, 0.6) is 5.75 Å². The van der Waals surface area contributed by atoms with E-state index in [4.69, 9.17) is 5.73 Å². The molecule has 0 unspecified atom stereocenters. The number of alkyl halides is 4. The summed E-state index contributed by atoms with van der Waals surface area (Å²) >= 11 is 0. The van der Waals surface area contributed by atoms with E-state index < -0.39 is 18.4 Å². The van der Waals surface area contributed by atoms with Crippen LogP contribution in [0.3, 0.4) is 0 Å². The molecule has 21 heavy (non-hydrogen) atoms. The fraction of sp³-hybridized carbons (Fsp3) is 0.286. The molecule has 0 amide bonds. The highest BCUT2D eigenvalue weighted by Crippen LogP contribution is 2.41. The summed E-state index contributed by atoms with van der Waals surface area (Å²) in [4.78, 5) is 0. The molecule has 0 bridgehead atoms. The minimum absolute atomic E-state index is 0.0640. The van der Waals surface area contributed by atoms with Gasteiger partial charge in [0, 0.05) is 13.5 Å². The zero-order valence-electron chi connectivity index (χ0n) is 11.2. The fourth-order valence-electron chi connectivity index (χ4n) is 2.25. The Kier molecular flexibility index (Phi) is 3.85. The predicted octanol–water partition coefficient (Wildman–Crippen LogP) is 3.51. The van der Waals surface area contributed by atoms with E-state index in [1.54, 1.807) is 0 Å². The number of halogens is 4. The van der Waals surface area contributed by atoms with Crippen LogP contribution in [0.2, 0.25) is 0 Å². The fourth-order valence-corrected chi connectivity index (χ4v) is 2.25. The van der Waals surface area contributed by atoms with Gasteiger partial charge < -0.3 is 15.4 Å². The molecular formula is C14H14F4N2O. The monoisotopic (exact) mass is 302 g/mol. The van der Waals surface area contributed by atoms with Crippen molar-refractivity contribution < 1.29 is 22.7 Å². The lowest BCUT2D eigenvalue weighted by molar-refractivity contribution is -0.137. The van der Waals surface area contributed by atoms with Crippen LogP contribution in [0.15, 0.2) is 24.3 Å². The lowest BCUT2D eigenvalue weighted by atomic mass is 10.0. The van der Waals surface area contributed by atoms with Gasteiger partial charge >= 0.3 is 6.18 Å². The summed E-state index contributed by atoms with van der Waals surface area (Å²) in [5.41, 5.74) is 5.47. The summed E-state index contributed by atoms with van der Waals surface area (Å²) in [5, 5.41) is 10.1. The Morgan fingerprint density at radius 1 is 1.29 bits per heavy atom. The molecule has 0 saturated heterocycles. The van der Waals surface area contributed by atoms with Gasteiger partial charge in [0.2, 0.25) is 0 Å². The first-order chi connectivity index (χ1) is 9.77. The summed E-state index contributed by atoms with van der Waals surface area (Å²) in [6, 6.07) is 4.49. The molecule has 0 fully saturated rings. The second-order valence-corrected chi connectivity index (χ2v) is 4.63. The number of rotatable bonds is 3. The van der Waals surface area contributed by atoms with E-state index in [-0.39, 0.29) is 34.8 Å². The normalized spacial score (nSPS) is 11.9. The zero-order chi connectivity index (χ0) is 15.8. The van der Waals surface area contributed by atoms with Crippen molar-refractivity contribution in [2.75, 3.05) is 12.4 Å². The highest BCUT2D eigenvalue weighted by atomic mass is 19.4. The average Bonchev–Trinajstić information content (AvgIpc) is 2.62. The van der Waals surface area contributed by atoms with E-state index in [9.17, 15) is 22.7 Å². The Hall–Kier alpha value is -2.18. The van der Waals surface area contributed by atoms with Gasteiger partial charge in [-0.05, 0) is 17.7 Å². The molecule has 114 valence electrons. The van der Waals surface area contributed by atoms with Gasteiger partial charge in [-0.3, -0.25) is 4.39 Å². The van der Waals surface area contributed by atoms with Crippen molar-refractivity contribution in [2.24, 2.45) is 7.05 Å². The Morgan fingerprint density at radius 2 is 1.95 bits per heavy atom. The second-order valence-electron chi connectivity index (χ2n) is 4.63. The highest BCUT2D eigenvalue weighted by molar-refractivity contribution is 5.82. The minimum atomic E-state index is -4.49. The van der Waals surface area contributed by atoms with Gasteiger partial charge in [-0.15, -0.1) is 0 Å². The third-order valence-corrected chi connectivity index (χ3v) is 3.34. The van der Waals surface area contributed by atoms with Gasteiger partial charge in [-0.25, -0.2) is 0 Å². The standard InChI is InChI=1S/C14H14F4N2O/c1-20-10(5-6-15)12(21)11(13(20)19)8-3-2-4-9(7-8)14(16,17)18/h2-4,7,21H,5-6,19H2,1H3. The van der Waals surface area contributed by atoms with E-state index in [0.29, 0.717) is 0 Å². The summed E-state index contributed by atoms with van der Waals surface area (Å²) in [5.74, 6) is -0.192. The number of nitrogen functional groups attached to an aromatic ring is 1. The lowest BCUT2D eigenvalue weighted by Crippen LogP contribution is -2.05. The highest BCUT2D eigenvalue weighted by Gasteiger charge is 2.31. The van der Waals surface area contributed by atoms with Crippen molar-refractivity contribution >= 4 is 5.82 Å². The van der Waals surface area contributed by atoms with Crippen molar-refractivity contribution in [3.8, 4) is 16.9 Å². The summed E-state index contributed by atoms with van der Waals surface area (Å²) in [6.07, 6.45) is -4.55. The van der Waals surface area contributed by atoms with Crippen LogP contribution in [0.1, 0.15) is 11.3 Å².